The molecule has 1 aromatic heterocycles. The summed E-state index contributed by atoms with van der Waals surface area (Å²) in [7, 11) is 0. The zero-order valence-corrected chi connectivity index (χ0v) is 12.0. The van der Waals surface area contributed by atoms with Gasteiger partial charge in [-0.2, -0.15) is 5.10 Å². The van der Waals surface area contributed by atoms with Crippen molar-refractivity contribution in [2.24, 2.45) is 0 Å². The maximum Gasteiger partial charge on any atom is 0.244 e. The van der Waals surface area contributed by atoms with Crippen LogP contribution in [0, 0.1) is 0 Å². The number of nitrogens with one attached hydrogen (secondary N) is 1. The molecule has 1 atom stereocenters. The normalized spacial score (nSPS) is 19.9. The predicted molar refractivity (Wildman–Crippen MR) is 71.2 cm³/mol. The van der Waals surface area contributed by atoms with Gasteiger partial charge in [0.05, 0.1) is 10.7 Å². The molecule has 0 bridgehead atoms. The SMILES string of the molecule is C[C@H]1CNCCN1C(=O)Cn1cc(Br)cn1.Cl. The highest BCUT2D eigenvalue weighted by Gasteiger charge is 2.22. The third-order valence-electron chi connectivity index (χ3n) is 2.72. The Hall–Kier alpha value is -0.590. The first-order chi connectivity index (χ1) is 7.66. The van der Waals surface area contributed by atoms with Crippen LogP contribution >= 0.6 is 28.3 Å². The van der Waals surface area contributed by atoms with Crippen LogP contribution in [0.2, 0.25) is 0 Å². The number of amides is 1. The lowest BCUT2D eigenvalue weighted by Crippen LogP contribution is -2.53. The molecule has 1 saturated heterocycles. The van der Waals surface area contributed by atoms with Crippen molar-refractivity contribution in [3.8, 4) is 0 Å². The van der Waals surface area contributed by atoms with Crippen molar-refractivity contribution >= 4 is 34.2 Å². The van der Waals surface area contributed by atoms with Crippen molar-refractivity contribution in [1.29, 1.82) is 0 Å². The van der Waals surface area contributed by atoms with Crippen LogP contribution in [-0.4, -0.2) is 46.3 Å². The van der Waals surface area contributed by atoms with Crippen molar-refractivity contribution in [2.45, 2.75) is 19.5 Å². The first-order valence-electron chi connectivity index (χ1n) is 5.35. The summed E-state index contributed by atoms with van der Waals surface area (Å²) in [6, 6.07) is 0.264. The van der Waals surface area contributed by atoms with Gasteiger partial charge < -0.3 is 10.2 Å². The molecule has 0 aromatic carbocycles. The summed E-state index contributed by atoms with van der Waals surface area (Å²) in [4.78, 5) is 13.9. The van der Waals surface area contributed by atoms with Crippen molar-refractivity contribution in [3.05, 3.63) is 16.9 Å². The van der Waals surface area contributed by atoms with E-state index < -0.39 is 0 Å². The topological polar surface area (TPSA) is 50.2 Å². The minimum Gasteiger partial charge on any atom is -0.336 e. The van der Waals surface area contributed by atoms with E-state index in [9.17, 15) is 4.79 Å². The molecule has 1 fully saturated rings. The lowest BCUT2D eigenvalue weighted by molar-refractivity contribution is -0.134. The molecule has 17 heavy (non-hydrogen) atoms. The van der Waals surface area contributed by atoms with Crippen molar-refractivity contribution in [3.63, 3.8) is 0 Å². The molecule has 1 aliphatic heterocycles. The van der Waals surface area contributed by atoms with E-state index in [4.69, 9.17) is 0 Å². The van der Waals surface area contributed by atoms with E-state index >= 15 is 0 Å². The Labute approximate surface area is 115 Å². The molecule has 0 aliphatic carbocycles. The van der Waals surface area contributed by atoms with Crippen molar-refractivity contribution in [1.82, 2.24) is 20.0 Å². The number of piperazine rings is 1. The largest absolute Gasteiger partial charge is 0.336 e. The van der Waals surface area contributed by atoms with Gasteiger partial charge in [-0.25, -0.2) is 0 Å². The smallest absolute Gasteiger partial charge is 0.244 e. The zero-order valence-electron chi connectivity index (χ0n) is 9.60. The van der Waals surface area contributed by atoms with Gasteiger partial charge in [-0.3, -0.25) is 9.48 Å². The fraction of sp³-hybridized carbons (Fsp3) is 0.600. The summed E-state index contributed by atoms with van der Waals surface area (Å²) in [6.45, 7) is 4.90. The summed E-state index contributed by atoms with van der Waals surface area (Å²) in [5.74, 6) is 0.129. The van der Waals surface area contributed by atoms with Gasteiger partial charge in [0.2, 0.25) is 5.91 Å². The molecule has 7 heteroatoms. The second-order valence-corrected chi connectivity index (χ2v) is 4.91. The predicted octanol–water partition coefficient (Wildman–Crippen LogP) is 0.888. The molecule has 0 saturated carbocycles. The highest BCUT2D eigenvalue weighted by Crippen LogP contribution is 2.08. The number of hydrogen-bond donors (Lipinski definition) is 1. The van der Waals surface area contributed by atoms with Gasteiger partial charge in [0, 0.05) is 31.9 Å². The summed E-state index contributed by atoms with van der Waals surface area (Å²) >= 11 is 3.31. The average molecular weight is 324 g/mol. The maximum atomic E-state index is 12.0. The zero-order chi connectivity index (χ0) is 11.5. The molecule has 1 aromatic rings. The third-order valence-corrected chi connectivity index (χ3v) is 3.13. The molecule has 96 valence electrons. The molecule has 1 aliphatic rings. The standard InChI is InChI=1S/C10H15BrN4O.ClH/c1-8-4-12-2-3-15(8)10(16)7-14-6-9(11)5-13-14;/h5-6,8,12H,2-4,7H2,1H3;1H/t8-;/m0./s1. The molecule has 1 N–H and O–H groups in total. The van der Waals surface area contributed by atoms with Crippen LogP contribution in [0.15, 0.2) is 16.9 Å². The number of carbonyl (C=O) groups excluding carboxylic acids is 1. The summed E-state index contributed by atoms with van der Waals surface area (Å²) in [5.41, 5.74) is 0. The Morgan fingerprint density at radius 3 is 3.06 bits per heavy atom. The van der Waals surface area contributed by atoms with Crippen LogP contribution in [-0.2, 0) is 11.3 Å². The second-order valence-electron chi connectivity index (χ2n) is 4.00. The Bertz CT molecular complexity index is 384. The first-order valence-corrected chi connectivity index (χ1v) is 6.14. The van der Waals surface area contributed by atoms with Crippen LogP contribution in [0.3, 0.4) is 0 Å². The van der Waals surface area contributed by atoms with Crippen molar-refractivity contribution < 1.29 is 4.79 Å². The van der Waals surface area contributed by atoms with Gasteiger partial charge in [-0.15, -0.1) is 12.4 Å². The fourth-order valence-corrected chi connectivity index (χ4v) is 2.19. The Balaban J connectivity index is 0.00000144. The number of halogens is 2. The number of hydrogen-bond acceptors (Lipinski definition) is 3. The van der Waals surface area contributed by atoms with E-state index in [-0.39, 0.29) is 24.4 Å². The lowest BCUT2D eigenvalue weighted by atomic mass is 10.2. The van der Waals surface area contributed by atoms with Crippen molar-refractivity contribution in [2.75, 3.05) is 19.6 Å². The third kappa shape index (κ3) is 3.69. The van der Waals surface area contributed by atoms with Gasteiger partial charge in [-0.1, -0.05) is 0 Å². The van der Waals surface area contributed by atoms with E-state index in [2.05, 4.69) is 33.3 Å². The van der Waals surface area contributed by atoms with Gasteiger partial charge in [0.25, 0.3) is 0 Å². The molecule has 0 unspecified atom stereocenters. The molecule has 1 amide bonds. The van der Waals surface area contributed by atoms with E-state index in [1.807, 2.05) is 11.1 Å². The van der Waals surface area contributed by atoms with E-state index in [1.165, 1.54) is 0 Å². The van der Waals surface area contributed by atoms with Crippen LogP contribution in [0.1, 0.15) is 6.92 Å². The summed E-state index contributed by atoms with van der Waals surface area (Å²) in [6.07, 6.45) is 3.50. The molecule has 5 nitrogen and oxygen atoms in total. The quantitative estimate of drug-likeness (QED) is 0.879. The van der Waals surface area contributed by atoms with E-state index in [1.54, 1.807) is 10.9 Å². The molecular weight excluding hydrogens is 307 g/mol. The highest BCUT2D eigenvalue weighted by atomic mass is 79.9. The van der Waals surface area contributed by atoms with Gasteiger partial charge in [0.1, 0.15) is 6.54 Å². The van der Waals surface area contributed by atoms with Gasteiger partial charge >= 0.3 is 0 Å². The average Bonchev–Trinajstić information content (AvgIpc) is 2.64. The number of carbonyl (C=O) groups is 1. The van der Waals surface area contributed by atoms with Gasteiger partial charge in [0.15, 0.2) is 0 Å². The second kappa shape index (κ2) is 6.37. The molecule has 2 rings (SSSR count). The van der Waals surface area contributed by atoms with Crippen LogP contribution < -0.4 is 5.32 Å². The summed E-state index contributed by atoms with van der Waals surface area (Å²) < 4.78 is 2.55. The number of nitrogens with zero attached hydrogens (tertiary/aromatic N) is 3. The number of rotatable bonds is 2. The van der Waals surface area contributed by atoms with E-state index in [0.717, 1.165) is 24.1 Å². The maximum absolute atomic E-state index is 12.0. The first kappa shape index (κ1) is 14.5. The fourth-order valence-electron chi connectivity index (χ4n) is 1.87. The summed E-state index contributed by atoms with van der Waals surface area (Å²) in [5, 5.41) is 7.35. The van der Waals surface area contributed by atoms with Crippen LogP contribution in [0.4, 0.5) is 0 Å². The Morgan fingerprint density at radius 2 is 2.47 bits per heavy atom. The van der Waals surface area contributed by atoms with Crippen LogP contribution in [0.5, 0.6) is 0 Å². The molecular formula is C10H16BrClN4O. The lowest BCUT2D eigenvalue weighted by Gasteiger charge is -2.33. The molecule has 0 spiro atoms. The molecule has 2 heterocycles. The Morgan fingerprint density at radius 1 is 1.71 bits per heavy atom. The van der Waals surface area contributed by atoms with Crippen LogP contribution in [0.25, 0.3) is 0 Å². The van der Waals surface area contributed by atoms with Gasteiger partial charge in [-0.05, 0) is 22.9 Å². The minimum atomic E-state index is 0. The highest BCUT2D eigenvalue weighted by molar-refractivity contribution is 9.10. The number of aromatic nitrogens is 2. The minimum absolute atomic E-state index is 0. The Kier molecular flexibility index (Phi) is 5.42. The monoisotopic (exact) mass is 322 g/mol. The molecule has 0 radical (unpaired) electrons. The van der Waals surface area contributed by atoms with E-state index in [0.29, 0.717) is 6.54 Å².